The van der Waals surface area contributed by atoms with Gasteiger partial charge in [-0.25, -0.2) is 0 Å². The number of aliphatic hydroxyl groups is 4. The molecule has 3 unspecified atom stereocenters. The highest BCUT2D eigenvalue weighted by atomic mass is 16.7. The molecule has 24 nitrogen and oxygen atoms in total. The molecule has 15 rings (SSSR count). The second kappa shape index (κ2) is 35.2. The molecule has 0 aromatic heterocycles. The van der Waals surface area contributed by atoms with E-state index in [1.807, 2.05) is 159 Å². The third-order valence-corrected chi connectivity index (χ3v) is 26.6. The molecule has 19 atom stereocenters. The standard InChI is InChI=1S/C45H59N5O7.C45H61N5O7/c1-26-35-22-31(45(35,3)4)23-36(26)47-43(54)40-39(27(2)52)38(25-51)57-50(40)24-28-13-11-16-34(41(28)56-7)29-19-30(21-33(20-29)48(5)6)44(55)49-18-12-17-37(49)42(53)46-32-14-9-8-10-15-32;1-26-35-22-45(4,27(35)2)23-37(26)47-43(54)40-39(28(3)52)38(25-51)57-50(40)24-30-16-13-17-34(41(30)56-9)31-19-32(21-33(20-31)48(5)6)42(53)46-36(44(55)49(7)8)18-29-14-11-10-12-15-29/h8-11,13-16,19-21,26-27,31,35-40,51-52H,12,17-18,22-25H2,1-7H3,(H,46,53)(H,47,54);10-17,19-21,26-28,35-40,51-52H,18,22-25H2,1-9H3,(H,46,53)(H,47,54)/t26-,27?,31+,35-,36-,37-,38-,39?,40-;26-,27?,28-,35-,36+,37-,38-,39-,40-,45+/m00/s1. The summed E-state index contributed by atoms with van der Waals surface area (Å²) in [6.45, 7) is 17.0. The van der Waals surface area contributed by atoms with Gasteiger partial charge in [-0.05, 0) is 164 Å². The van der Waals surface area contributed by atoms with Crippen molar-refractivity contribution in [2.75, 3.05) is 91.4 Å². The Morgan fingerprint density at radius 3 is 1.61 bits per heavy atom. The molecule has 6 aromatic rings. The predicted molar refractivity (Wildman–Crippen MR) is 440 cm³/mol. The number of hydrogen-bond donors (Lipinski definition) is 8. The minimum Gasteiger partial charge on any atom is -0.496 e. The van der Waals surface area contributed by atoms with Crippen molar-refractivity contribution < 1.29 is 68.3 Å². The van der Waals surface area contributed by atoms with Crippen molar-refractivity contribution in [3.8, 4) is 33.8 Å². The lowest BCUT2D eigenvalue weighted by Crippen LogP contribution is -2.62. The van der Waals surface area contributed by atoms with Gasteiger partial charge >= 0.3 is 0 Å². The van der Waals surface area contributed by atoms with E-state index in [4.69, 9.17) is 19.1 Å². The van der Waals surface area contributed by atoms with Gasteiger partial charge in [0.2, 0.25) is 23.6 Å². The van der Waals surface area contributed by atoms with Crippen molar-refractivity contribution in [2.45, 2.75) is 174 Å². The largest absolute Gasteiger partial charge is 0.496 e. The summed E-state index contributed by atoms with van der Waals surface area (Å²) in [5.41, 5.74) is 8.81. The first-order valence-electron chi connectivity index (χ1n) is 40.5. The number of methoxy groups -OCH3 is 2. The van der Waals surface area contributed by atoms with Gasteiger partial charge in [-0.2, -0.15) is 10.1 Å². The molecule has 24 heteroatoms. The van der Waals surface area contributed by atoms with Crippen LogP contribution >= 0.6 is 0 Å². The number of para-hydroxylation sites is 3. The molecule has 6 amide bonds. The zero-order valence-electron chi connectivity index (χ0n) is 69.1. The van der Waals surface area contributed by atoms with Crippen LogP contribution in [-0.2, 0) is 48.4 Å². The first kappa shape index (κ1) is 84.4. The first-order valence-corrected chi connectivity index (χ1v) is 40.5. The lowest BCUT2D eigenvalue weighted by atomic mass is 9.44. The van der Waals surface area contributed by atoms with Crippen LogP contribution in [0.4, 0.5) is 17.1 Å². The van der Waals surface area contributed by atoms with E-state index in [0.717, 1.165) is 52.9 Å². The van der Waals surface area contributed by atoms with Crippen molar-refractivity contribution >= 4 is 52.5 Å². The van der Waals surface area contributed by atoms with Crippen molar-refractivity contribution in [3.05, 3.63) is 161 Å². The quantitative estimate of drug-likeness (QED) is 0.0251. The predicted octanol–water partition coefficient (Wildman–Crippen LogP) is 9.85. The fourth-order valence-corrected chi connectivity index (χ4v) is 19.8. The number of carbonyl (C=O) groups is 6. The van der Waals surface area contributed by atoms with E-state index in [1.54, 1.807) is 69.3 Å². The topological polar surface area (TPSA) is 288 Å². The SMILES string of the molecule is COc1c(CN2O[C@@H](CO)C(C(C)O)[C@H]2C(=O)N[C@H]2C[C@H]3C[C@@H]([C@@H]2C)C3(C)C)cccc1-c1cc(C(=O)N2CCC[C@H]2C(=O)Nc2ccccc2)cc(N(C)C)c1.COc1c(CN2O[C@@H](CO)[C@H]([C@H](C)O)[C@H]2C(=O)N[C@H]2C[C@@]3(C)C[C@H](C3C)[C@@H]2C)cccc1-c1cc(C(=O)N[C@H](Cc2ccccc2)C(=O)N(C)C)cc(N(C)C)c1. The normalized spacial score (nSPS) is 28.1. The highest BCUT2D eigenvalue weighted by Gasteiger charge is 2.60. The smallest absolute Gasteiger partial charge is 0.254 e. The zero-order valence-corrected chi connectivity index (χ0v) is 69.1. The zero-order chi connectivity index (χ0) is 82.1. The molecule has 0 spiro atoms. The van der Waals surface area contributed by atoms with E-state index >= 15 is 0 Å². The molecular formula is C90H120N10O14. The van der Waals surface area contributed by atoms with Gasteiger partial charge in [0.1, 0.15) is 47.9 Å². The van der Waals surface area contributed by atoms with Crippen LogP contribution in [0.3, 0.4) is 0 Å². The minimum atomic E-state index is -0.926. The van der Waals surface area contributed by atoms with E-state index in [2.05, 4.69) is 62.8 Å². The van der Waals surface area contributed by atoms with Gasteiger partial charge in [-0.3, -0.25) is 38.4 Å². The van der Waals surface area contributed by atoms with Crippen molar-refractivity contribution in [3.63, 3.8) is 0 Å². The number of fused-ring (bicyclic) bond motifs is 4. The number of amides is 6. The average Bonchev–Trinajstić information content (AvgIpc) is 1.02. The second-order valence-corrected chi connectivity index (χ2v) is 34.7. The number of aliphatic hydroxyl groups excluding tert-OH is 4. The van der Waals surface area contributed by atoms with Crippen molar-refractivity contribution in [1.29, 1.82) is 0 Å². The molecule has 4 bridgehead atoms. The van der Waals surface area contributed by atoms with E-state index in [1.165, 1.54) is 17.7 Å². The fraction of sp³-hybridized carbons (Fsp3) is 0.533. The van der Waals surface area contributed by atoms with Gasteiger partial charge in [0, 0.05) is 130 Å². The maximum Gasteiger partial charge on any atom is 0.254 e. The molecule has 6 saturated carbocycles. The van der Waals surface area contributed by atoms with Gasteiger partial charge in [-0.15, -0.1) is 0 Å². The van der Waals surface area contributed by atoms with Gasteiger partial charge in [-0.1, -0.05) is 126 Å². The number of anilines is 3. The molecule has 9 aliphatic rings. The Kier molecular flexibility index (Phi) is 26.1. The summed E-state index contributed by atoms with van der Waals surface area (Å²) < 4.78 is 12.2. The molecule has 9 fully saturated rings. The number of rotatable bonds is 26. The molecule has 8 N–H and O–H groups in total. The summed E-state index contributed by atoms with van der Waals surface area (Å²) in [6, 6.07) is 38.4. The van der Waals surface area contributed by atoms with Gasteiger partial charge < -0.3 is 70.8 Å². The van der Waals surface area contributed by atoms with E-state index in [9.17, 15) is 49.2 Å². The minimum absolute atomic E-state index is 0.00461. The molecular weight excluding hydrogens is 1450 g/mol. The van der Waals surface area contributed by atoms with E-state index < -0.39 is 66.3 Å². The third kappa shape index (κ3) is 17.3. The summed E-state index contributed by atoms with van der Waals surface area (Å²) in [5, 5.41) is 58.6. The number of ether oxygens (including phenoxy) is 2. The molecule has 614 valence electrons. The van der Waals surface area contributed by atoms with E-state index in [-0.39, 0.29) is 78.8 Å². The fourth-order valence-electron chi connectivity index (χ4n) is 19.8. The number of hydrogen-bond acceptors (Lipinski definition) is 18. The van der Waals surface area contributed by atoms with Crippen molar-refractivity contribution in [2.24, 2.45) is 58.2 Å². The Bertz CT molecular complexity index is 4430. The average molecular weight is 1570 g/mol. The molecule has 3 saturated heterocycles. The van der Waals surface area contributed by atoms with Gasteiger partial charge in [0.25, 0.3) is 11.8 Å². The third-order valence-electron chi connectivity index (χ3n) is 26.6. The number of carbonyl (C=O) groups excluding carboxylic acids is 6. The molecule has 3 aliphatic heterocycles. The molecule has 114 heavy (non-hydrogen) atoms. The molecule has 6 aliphatic carbocycles. The summed E-state index contributed by atoms with van der Waals surface area (Å²) >= 11 is 0. The highest BCUT2D eigenvalue weighted by molar-refractivity contribution is 6.03. The number of likely N-dealkylation sites (N-methyl/N-ethyl adjacent to an activating group) is 1. The van der Waals surface area contributed by atoms with Crippen LogP contribution in [0.1, 0.15) is 131 Å². The Morgan fingerprint density at radius 1 is 0.614 bits per heavy atom. The van der Waals surface area contributed by atoms with Crippen LogP contribution in [-0.4, -0.2) is 213 Å². The Balaban J connectivity index is 0.000000211. The highest BCUT2D eigenvalue weighted by Crippen LogP contribution is 2.63. The van der Waals surface area contributed by atoms with Crippen LogP contribution < -0.4 is 40.5 Å². The number of nitrogens with one attached hydrogen (secondary N) is 4. The summed E-state index contributed by atoms with van der Waals surface area (Å²) in [5.74, 6) is 1.15. The number of benzene rings is 6. The Morgan fingerprint density at radius 2 is 1.13 bits per heavy atom. The van der Waals surface area contributed by atoms with Crippen LogP contribution in [0, 0.1) is 58.2 Å². The number of nitrogens with zero attached hydrogens (tertiary/aromatic N) is 6. The van der Waals surface area contributed by atoms with Gasteiger partial charge in [0.05, 0.1) is 52.7 Å². The number of hydroxylamine groups is 4. The lowest BCUT2D eigenvalue weighted by Gasteiger charge is -2.62. The maximum absolute atomic E-state index is 14.3. The summed E-state index contributed by atoms with van der Waals surface area (Å²) in [4.78, 5) is 103. The molecule has 6 aromatic carbocycles. The molecule has 3 heterocycles. The van der Waals surface area contributed by atoms with Crippen LogP contribution in [0.25, 0.3) is 22.3 Å². The molecule has 0 radical (unpaired) electrons. The van der Waals surface area contributed by atoms with Crippen LogP contribution in [0.2, 0.25) is 0 Å². The Labute approximate surface area is 672 Å². The van der Waals surface area contributed by atoms with Crippen molar-refractivity contribution in [1.82, 2.24) is 35.9 Å². The van der Waals surface area contributed by atoms with Crippen LogP contribution in [0.15, 0.2) is 133 Å². The maximum atomic E-state index is 14.3. The van der Waals surface area contributed by atoms with E-state index in [0.29, 0.717) is 99.9 Å². The monoisotopic (exact) mass is 1560 g/mol. The second-order valence-electron chi connectivity index (χ2n) is 34.7. The first-order chi connectivity index (χ1) is 54.3. The Hall–Kier alpha value is -8.98. The number of likely N-dealkylation sites (tertiary alicyclic amines) is 1. The summed E-state index contributed by atoms with van der Waals surface area (Å²) in [7, 11) is 14.1. The van der Waals surface area contributed by atoms with Gasteiger partial charge in [0.15, 0.2) is 0 Å². The summed E-state index contributed by atoms with van der Waals surface area (Å²) in [6.07, 6.45) is 2.40. The lowest BCUT2D eigenvalue weighted by molar-refractivity contribution is -0.183. The van der Waals surface area contributed by atoms with Crippen LogP contribution in [0.5, 0.6) is 11.5 Å².